The summed E-state index contributed by atoms with van der Waals surface area (Å²) in [6, 6.07) is 3.13. The summed E-state index contributed by atoms with van der Waals surface area (Å²) in [6.45, 7) is 4.28. The summed E-state index contributed by atoms with van der Waals surface area (Å²) in [7, 11) is 0. The van der Waals surface area contributed by atoms with Crippen LogP contribution in [0, 0.1) is 12.7 Å². The largest absolute Gasteiger partial charge is 0.505 e. The number of hydrogen-bond donors (Lipinski definition) is 2. The van der Waals surface area contributed by atoms with Crippen molar-refractivity contribution in [2.45, 2.75) is 26.2 Å². The molecular formula is C11H16FNO. The Morgan fingerprint density at radius 2 is 2.14 bits per heavy atom. The Balaban J connectivity index is 3.07. The minimum absolute atomic E-state index is 0.0920. The average Bonchev–Trinajstić information content (AvgIpc) is 2.11. The normalized spacial score (nSPS) is 12.9. The van der Waals surface area contributed by atoms with Crippen LogP contribution in [0.2, 0.25) is 0 Å². The summed E-state index contributed by atoms with van der Waals surface area (Å²) in [4.78, 5) is 0. The minimum Gasteiger partial charge on any atom is -0.505 e. The zero-order valence-electron chi connectivity index (χ0n) is 8.55. The molecule has 1 rings (SSSR count). The fourth-order valence-corrected chi connectivity index (χ4v) is 1.54. The van der Waals surface area contributed by atoms with E-state index in [0.717, 1.165) is 12.0 Å². The Morgan fingerprint density at radius 1 is 1.50 bits per heavy atom. The molecule has 0 bridgehead atoms. The lowest BCUT2D eigenvalue weighted by Gasteiger charge is -2.13. The molecular weight excluding hydrogens is 181 g/mol. The van der Waals surface area contributed by atoms with Crippen molar-refractivity contribution in [3.8, 4) is 5.75 Å². The first-order valence-corrected chi connectivity index (χ1v) is 4.75. The number of aryl methyl sites for hydroxylation is 1. The maximum Gasteiger partial charge on any atom is 0.165 e. The first kappa shape index (κ1) is 11.0. The Labute approximate surface area is 83.6 Å². The molecule has 0 amide bonds. The monoisotopic (exact) mass is 197 g/mol. The van der Waals surface area contributed by atoms with Crippen LogP contribution in [0.5, 0.6) is 5.75 Å². The molecule has 3 heteroatoms. The fourth-order valence-electron chi connectivity index (χ4n) is 1.54. The van der Waals surface area contributed by atoms with Crippen molar-refractivity contribution in [1.82, 2.24) is 0 Å². The lowest BCUT2D eigenvalue weighted by atomic mass is 9.95. The summed E-state index contributed by atoms with van der Waals surface area (Å²) in [5.41, 5.74) is 6.88. The number of phenols is 1. The van der Waals surface area contributed by atoms with Gasteiger partial charge in [-0.25, -0.2) is 4.39 Å². The van der Waals surface area contributed by atoms with Crippen molar-refractivity contribution in [3.63, 3.8) is 0 Å². The number of benzene rings is 1. The molecule has 0 aliphatic rings. The number of hydrogen-bond acceptors (Lipinski definition) is 2. The van der Waals surface area contributed by atoms with Crippen LogP contribution in [0.1, 0.15) is 30.4 Å². The van der Waals surface area contributed by atoms with Crippen molar-refractivity contribution in [1.29, 1.82) is 0 Å². The number of halogens is 1. The second kappa shape index (κ2) is 4.42. The molecule has 0 spiro atoms. The van der Waals surface area contributed by atoms with Crippen molar-refractivity contribution >= 4 is 0 Å². The van der Waals surface area contributed by atoms with Gasteiger partial charge < -0.3 is 10.8 Å². The SMILES string of the molecule is Cc1cc(F)c(O)c(C(C)CCN)c1. The fraction of sp³-hybridized carbons (Fsp3) is 0.455. The number of nitrogens with two attached hydrogens (primary N) is 1. The molecule has 3 N–H and O–H groups in total. The number of phenolic OH excluding ortho intramolecular Hbond substituents is 1. The van der Waals surface area contributed by atoms with Gasteiger partial charge in [0.25, 0.3) is 0 Å². The van der Waals surface area contributed by atoms with Crippen LogP contribution in [-0.4, -0.2) is 11.7 Å². The predicted molar refractivity (Wildman–Crippen MR) is 54.9 cm³/mol. The Morgan fingerprint density at radius 3 is 2.71 bits per heavy atom. The highest BCUT2D eigenvalue weighted by atomic mass is 19.1. The van der Waals surface area contributed by atoms with Gasteiger partial charge in [0, 0.05) is 5.56 Å². The second-order valence-corrected chi connectivity index (χ2v) is 3.66. The van der Waals surface area contributed by atoms with Crippen LogP contribution in [0.3, 0.4) is 0 Å². The van der Waals surface area contributed by atoms with Crippen LogP contribution in [0.25, 0.3) is 0 Å². The van der Waals surface area contributed by atoms with Crippen molar-refractivity contribution < 1.29 is 9.50 Å². The first-order chi connectivity index (χ1) is 6.56. The molecule has 1 atom stereocenters. The van der Waals surface area contributed by atoms with Crippen LogP contribution in [0.15, 0.2) is 12.1 Å². The van der Waals surface area contributed by atoms with E-state index in [1.54, 1.807) is 13.0 Å². The van der Waals surface area contributed by atoms with Gasteiger partial charge in [-0.15, -0.1) is 0 Å². The van der Waals surface area contributed by atoms with Crippen molar-refractivity contribution in [2.24, 2.45) is 5.73 Å². The first-order valence-electron chi connectivity index (χ1n) is 4.75. The van der Waals surface area contributed by atoms with E-state index < -0.39 is 5.82 Å². The summed E-state index contributed by atoms with van der Waals surface area (Å²) in [5.74, 6) is -0.699. The van der Waals surface area contributed by atoms with E-state index in [1.807, 2.05) is 6.92 Å². The molecule has 0 heterocycles. The van der Waals surface area contributed by atoms with Gasteiger partial charge in [-0.2, -0.15) is 0 Å². The predicted octanol–water partition coefficient (Wildman–Crippen LogP) is 2.29. The molecule has 0 aromatic heterocycles. The maximum atomic E-state index is 13.2. The van der Waals surface area contributed by atoms with Gasteiger partial charge in [0.2, 0.25) is 0 Å². The van der Waals surface area contributed by atoms with E-state index in [1.165, 1.54) is 6.07 Å². The third-order valence-corrected chi connectivity index (χ3v) is 2.37. The van der Waals surface area contributed by atoms with E-state index in [2.05, 4.69) is 0 Å². The smallest absolute Gasteiger partial charge is 0.165 e. The molecule has 0 radical (unpaired) electrons. The highest BCUT2D eigenvalue weighted by Crippen LogP contribution is 2.30. The topological polar surface area (TPSA) is 46.2 Å². The number of rotatable bonds is 3. The van der Waals surface area contributed by atoms with E-state index in [0.29, 0.717) is 12.1 Å². The van der Waals surface area contributed by atoms with Crippen molar-refractivity contribution in [2.75, 3.05) is 6.54 Å². The van der Waals surface area contributed by atoms with Crippen LogP contribution < -0.4 is 5.73 Å². The quantitative estimate of drug-likeness (QED) is 0.781. The molecule has 14 heavy (non-hydrogen) atoms. The molecule has 1 aromatic rings. The minimum atomic E-state index is -0.552. The zero-order chi connectivity index (χ0) is 10.7. The van der Waals surface area contributed by atoms with Crippen LogP contribution in [0.4, 0.5) is 4.39 Å². The molecule has 1 aromatic carbocycles. The van der Waals surface area contributed by atoms with Gasteiger partial charge in [0.05, 0.1) is 0 Å². The summed E-state index contributed by atoms with van der Waals surface area (Å²) in [5, 5.41) is 9.50. The summed E-state index contributed by atoms with van der Waals surface area (Å²) >= 11 is 0. The van der Waals surface area contributed by atoms with Gasteiger partial charge in [-0.05, 0) is 37.4 Å². The van der Waals surface area contributed by atoms with Crippen LogP contribution in [-0.2, 0) is 0 Å². The lowest BCUT2D eigenvalue weighted by Crippen LogP contribution is -2.05. The summed E-state index contributed by atoms with van der Waals surface area (Å²) < 4.78 is 13.2. The molecule has 0 saturated carbocycles. The van der Waals surface area contributed by atoms with Crippen molar-refractivity contribution in [3.05, 3.63) is 29.1 Å². The van der Waals surface area contributed by atoms with E-state index in [9.17, 15) is 9.50 Å². The van der Waals surface area contributed by atoms with Gasteiger partial charge in [0.15, 0.2) is 11.6 Å². The standard InChI is InChI=1S/C11H16FNO/c1-7-5-9(8(2)3-4-13)11(14)10(12)6-7/h5-6,8,14H,3-4,13H2,1-2H3. The molecule has 0 aliphatic carbocycles. The lowest BCUT2D eigenvalue weighted by molar-refractivity contribution is 0.420. The Hall–Kier alpha value is -1.09. The molecule has 0 fully saturated rings. The summed E-state index contributed by atoms with van der Waals surface area (Å²) in [6.07, 6.45) is 0.746. The van der Waals surface area contributed by atoms with Gasteiger partial charge in [0.1, 0.15) is 0 Å². The second-order valence-electron chi connectivity index (χ2n) is 3.66. The highest BCUT2D eigenvalue weighted by Gasteiger charge is 2.13. The van der Waals surface area contributed by atoms with E-state index >= 15 is 0 Å². The molecule has 0 aliphatic heterocycles. The third kappa shape index (κ3) is 2.23. The van der Waals surface area contributed by atoms with Gasteiger partial charge in [-0.3, -0.25) is 0 Å². The zero-order valence-corrected chi connectivity index (χ0v) is 8.55. The van der Waals surface area contributed by atoms with Gasteiger partial charge >= 0.3 is 0 Å². The third-order valence-electron chi connectivity index (χ3n) is 2.37. The Bertz CT molecular complexity index is 325. The molecule has 2 nitrogen and oxygen atoms in total. The van der Waals surface area contributed by atoms with Crippen LogP contribution >= 0.6 is 0 Å². The number of aromatic hydroxyl groups is 1. The molecule has 1 unspecified atom stereocenters. The van der Waals surface area contributed by atoms with E-state index in [4.69, 9.17) is 5.73 Å². The van der Waals surface area contributed by atoms with Gasteiger partial charge in [-0.1, -0.05) is 13.0 Å². The molecule has 78 valence electrons. The highest BCUT2D eigenvalue weighted by molar-refractivity contribution is 5.39. The average molecular weight is 197 g/mol. The molecule has 0 saturated heterocycles. The Kier molecular flexibility index (Phi) is 3.47. The van der Waals surface area contributed by atoms with E-state index in [-0.39, 0.29) is 11.7 Å². The maximum absolute atomic E-state index is 13.2.